The molecule has 1 rings (SSSR count). The van der Waals surface area contributed by atoms with Crippen molar-refractivity contribution in [3.8, 4) is 0 Å². The zero-order valence-electron chi connectivity index (χ0n) is 6.16. The van der Waals surface area contributed by atoms with Gasteiger partial charge in [-0.1, -0.05) is 12.1 Å². The molecule has 0 spiro atoms. The van der Waals surface area contributed by atoms with E-state index >= 15 is 0 Å². The minimum atomic E-state index is -0.499. The van der Waals surface area contributed by atoms with Crippen LogP contribution in [0.3, 0.4) is 0 Å². The Balaban J connectivity index is 2.74. The van der Waals surface area contributed by atoms with Gasteiger partial charge in [-0.2, -0.15) is 0 Å². The molecule has 1 aromatic rings. The average molecular weight is 141 g/mol. The van der Waals surface area contributed by atoms with Crippen LogP contribution in [0.25, 0.3) is 0 Å². The maximum absolute atomic E-state index is 9.21. The Morgan fingerprint density at radius 2 is 2.50 bits per heavy atom. The molecule has 1 aromatic heterocycles. The van der Waals surface area contributed by atoms with E-state index in [9.17, 15) is 5.11 Å². The van der Waals surface area contributed by atoms with E-state index < -0.39 is 6.10 Å². The van der Waals surface area contributed by atoms with Gasteiger partial charge in [0, 0.05) is 6.07 Å². The van der Waals surface area contributed by atoms with Crippen molar-refractivity contribution in [2.75, 3.05) is 0 Å². The summed E-state index contributed by atoms with van der Waals surface area (Å²) in [6, 6.07) is 1.74. The molecular weight excluding hydrogens is 130 g/mol. The Bertz CT molecular complexity index is 207. The average Bonchev–Trinajstić information content (AvgIpc) is 2.34. The van der Waals surface area contributed by atoms with Crippen LogP contribution in [0.2, 0.25) is 0 Å². The number of aryl methyl sites for hydroxylation is 1. The van der Waals surface area contributed by atoms with Gasteiger partial charge in [-0.3, -0.25) is 0 Å². The lowest BCUT2D eigenvalue weighted by Gasteiger charge is -1.98. The largest absolute Gasteiger partial charge is 0.385 e. The van der Waals surface area contributed by atoms with E-state index in [1.165, 1.54) is 0 Å². The van der Waals surface area contributed by atoms with Gasteiger partial charge in [0.05, 0.1) is 5.69 Å². The summed E-state index contributed by atoms with van der Waals surface area (Å²) in [6.45, 7) is 3.72. The van der Waals surface area contributed by atoms with Gasteiger partial charge in [0.2, 0.25) is 0 Å². The molecule has 0 aliphatic heterocycles. The molecule has 0 bridgehead atoms. The van der Waals surface area contributed by atoms with Crippen molar-refractivity contribution in [3.05, 3.63) is 17.5 Å². The van der Waals surface area contributed by atoms with E-state index in [1.807, 2.05) is 13.8 Å². The van der Waals surface area contributed by atoms with Gasteiger partial charge in [0.25, 0.3) is 0 Å². The fourth-order valence-electron chi connectivity index (χ4n) is 0.741. The molecule has 3 heteroatoms. The van der Waals surface area contributed by atoms with Crippen molar-refractivity contribution >= 4 is 0 Å². The fourth-order valence-corrected chi connectivity index (χ4v) is 0.741. The molecule has 0 fully saturated rings. The van der Waals surface area contributed by atoms with Gasteiger partial charge >= 0.3 is 0 Å². The summed E-state index contributed by atoms with van der Waals surface area (Å²) in [5.74, 6) is 0.556. The van der Waals surface area contributed by atoms with Crippen molar-refractivity contribution < 1.29 is 9.63 Å². The summed E-state index contributed by atoms with van der Waals surface area (Å²) in [5, 5.41) is 12.9. The van der Waals surface area contributed by atoms with Crippen molar-refractivity contribution in [2.24, 2.45) is 0 Å². The second-order valence-corrected chi connectivity index (χ2v) is 2.29. The van der Waals surface area contributed by atoms with Crippen molar-refractivity contribution in [1.82, 2.24) is 5.16 Å². The molecule has 1 atom stereocenters. The van der Waals surface area contributed by atoms with Crippen molar-refractivity contribution in [3.63, 3.8) is 0 Å². The Morgan fingerprint density at radius 3 is 2.90 bits per heavy atom. The number of nitrogens with zero attached hydrogens (tertiary/aromatic N) is 1. The van der Waals surface area contributed by atoms with Crippen LogP contribution in [0.4, 0.5) is 0 Å². The van der Waals surface area contributed by atoms with Crippen LogP contribution >= 0.6 is 0 Å². The zero-order valence-corrected chi connectivity index (χ0v) is 6.16. The molecule has 3 nitrogen and oxygen atoms in total. The molecule has 1 N–H and O–H groups in total. The Hall–Kier alpha value is -0.830. The van der Waals surface area contributed by atoms with Crippen LogP contribution in [-0.4, -0.2) is 10.3 Å². The minimum Gasteiger partial charge on any atom is -0.385 e. The molecule has 0 aliphatic carbocycles. The van der Waals surface area contributed by atoms with Crippen molar-refractivity contribution in [1.29, 1.82) is 0 Å². The first-order valence-electron chi connectivity index (χ1n) is 3.35. The number of aromatic nitrogens is 1. The van der Waals surface area contributed by atoms with Crippen LogP contribution in [0.5, 0.6) is 0 Å². The molecule has 0 amide bonds. The highest BCUT2D eigenvalue weighted by Crippen LogP contribution is 2.15. The van der Waals surface area contributed by atoms with Gasteiger partial charge in [-0.25, -0.2) is 0 Å². The molecular formula is C7H11NO2. The van der Waals surface area contributed by atoms with Crippen LogP contribution in [0, 0.1) is 6.92 Å². The summed E-state index contributed by atoms with van der Waals surface area (Å²) < 4.78 is 4.82. The molecule has 1 heterocycles. The van der Waals surface area contributed by atoms with E-state index in [0.717, 1.165) is 5.69 Å². The van der Waals surface area contributed by atoms with E-state index in [1.54, 1.807) is 6.07 Å². The number of aliphatic hydroxyl groups excluding tert-OH is 1. The van der Waals surface area contributed by atoms with E-state index in [2.05, 4.69) is 5.16 Å². The van der Waals surface area contributed by atoms with Crippen molar-refractivity contribution in [2.45, 2.75) is 26.4 Å². The summed E-state index contributed by atoms with van der Waals surface area (Å²) in [7, 11) is 0. The van der Waals surface area contributed by atoms with Crippen LogP contribution < -0.4 is 0 Å². The van der Waals surface area contributed by atoms with Crippen LogP contribution in [0.1, 0.15) is 30.9 Å². The van der Waals surface area contributed by atoms with E-state index in [0.29, 0.717) is 12.2 Å². The summed E-state index contributed by atoms with van der Waals surface area (Å²) >= 11 is 0. The predicted molar refractivity (Wildman–Crippen MR) is 36.5 cm³/mol. The Labute approximate surface area is 59.7 Å². The fraction of sp³-hybridized carbons (Fsp3) is 0.571. The minimum absolute atomic E-state index is 0.499. The van der Waals surface area contributed by atoms with Crippen LogP contribution in [-0.2, 0) is 0 Å². The van der Waals surface area contributed by atoms with Crippen LogP contribution in [0.15, 0.2) is 10.6 Å². The monoisotopic (exact) mass is 141 g/mol. The SMILES string of the molecule is CC[C@@H](O)c1cc(C)no1. The third-order valence-corrected chi connectivity index (χ3v) is 1.36. The first-order valence-corrected chi connectivity index (χ1v) is 3.35. The maximum atomic E-state index is 9.21. The quantitative estimate of drug-likeness (QED) is 0.677. The highest BCUT2D eigenvalue weighted by molar-refractivity contribution is 5.05. The lowest BCUT2D eigenvalue weighted by Crippen LogP contribution is -1.91. The molecule has 0 aliphatic rings. The Morgan fingerprint density at radius 1 is 1.80 bits per heavy atom. The number of rotatable bonds is 2. The second kappa shape index (κ2) is 2.84. The summed E-state index contributed by atoms with van der Waals surface area (Å²) in [5.41, 5.74) is 0.808. The molecule has 0 saturated carbocycles. The summed E-state index contributed by atoms with van der Waals surface area (Å²) in [6.07, 6.45) is 0.162. The first kappa shape index (κ1) is 7.28. The van der Waals surface area contributed by atoms with E-state index in [4.69, 9.17) is 4.52 Å². The van der Waals surface area contributed by atoms with Gasteiger partial charge < -0.3 is 9.63 Å². The molecule has 0 aromatic carbocycles. The number of hydrogen-bond acceptors (Lipinski definition) is 3. The maximum Gasteiger partial charge on any atom is 0.165 e. The lowest BCUT2D eigenvalue weighted by atomic mass is 10.2. The topological polar surface area (TPSA) is 46.3 Å². The van der Waals surface area contributed by atoms with Gasteiger partial charge in [-0.15, -0.1) is 0 Å². The predicted octanol–water partition coefficient (Wildman–Crippen LogP) is 1.43. The number of hydrogen-bond donors (Lipinski definition) is 1. The summed E-state index contributed by atoms with van der Waals surface area (Å²) in [4.78, 5) is 0. The highest BCUT2D eigenvalue weighted by atomic mass is 16.5. The van der Waals surface area contributed by atoms with Gasteiger partial charge in [0.15, 0.2) is 5.76 Å². The van der Waals surface area contributed by atoms with E-state index in [-0.39, 0.29) is 0 Å². The third-order valence-electron chi connectivity index (χ3n) is 1.36. The van der Waals surface area contributed by atoms with Gasteiger partial charge in [0.1, 0.15) is 6.10 Å². The molecule has 0 unspecified atom stereocenters. The second-order valence-electron chi connectivity index (χ2n) is 2.29. The Kier molecular flexibility index (Phi) is 2.06. The smallest absolute Gasteiger partial charge is 0.165 e. The first-order chi connectivity index (χ1) is 4.74. The molecule has 56 valence electrons. The molecule has 10 heavy (non-hydrogen) atoms. The standard InChI is InChI=1S/C7H11NO2/c1-3-6(9)7-4-5(2)8-10-7/h4,6,9H,3H2,1-2H3/t6-/m1/s1. The third kappa shape index (κ3) is 1.36. The lowest BCUT2D eigenvalue weighted by molar-refractivity contribution is 0.135. The zero-order chi connectivity index (χ0) is 7.56. The normalized spacial score (nSPS) is 13.5. The molecule has 0 saturated heterocycles. The molecule has 0 radical (unpaired) electrons. The highest BCUT2D eigenvalue weighted by Gasteiger charge is 2.09. The number of aliphatic hydroxyl groups is 1. The van der Waals surface area contributed by atoms with Gasteiger partial charge in [-0.05, 0) is 13.3 Å².